The Kier molecular flexibility index (Phi) is 8.49. The van der Waals surface area contributed by atoms with E-state index in [1.165, 1.54) is 0 Å². The molecule has 104 valence electrons. The lowest BCUT2D eigenvalue weighted by Crippen LogP contribution is -2.42. The zero-order valence-electron chi connectivity index (χ0n) is 10.2. The number of nitrogens with zero attached hydrogens (tertiary/aromatic N) is 1. The third-order valence-electron chi connectivity index (χ3n) is 1.93. The fraction of sp³-hybridized carbons (Fsp3) is 1.00. The van der Waals surface area contributed by atoms with Gasteiger partial charge in [-0.25, -0.2) is 0 Å². The van der Waals surface area contributed by atoms with E-state index < -0.39 is 19.0 Å². The van der Waals surface area contributed by atoms with Crippen molar-refractivity contribution in [1.82, 2.24) is 4.90 Å². The molecular formula is C10H20F3NO3. The molecule has 0 rings (SSSR count). The second kappa shape index (κ2) is 8.68. The summed E-state index contributed by atoms with van der Waals surface area (Å²) >= 11 is 0. The first-order valence-electron chi connectivity index (χ1n) is 5.56. The maximum Gasteiger partial charge on any atom is 0.401 e. The van der Waals surface area contributed by atoms with Gasteiger partial charge in [0.25, 0.3) is 0 Å². The highest BCUT2D eigenvalue weighted by molar-refractivity contribution is 4.65. The number of alkyl halides is 3. The summed E-state index contributed by atoms with van der Waals surface area (Å²) in [6.07, 6.45) is -4.99. The number of halogens is 3. The highest BCUT2D eigenvalue weighted by Crippen LogP contribution is 2.16. The van der Waals surface area contributed by atoms with E-state index in [-0.39, 0.29) is 19.7 Å². The Morgan fingerprint density at radius 1 is 1.18 bits per heavy atom. The quantitative estimate of drug-likeness (QED) is 0.633. The Morgan fingerprint density at radius 3 is 2.06 bits per heavy atom. The molecule has 0 aromatic heterocycles. The summed E-state index contributed by atoms with van der Waals surface area (Å²) in [7, 11) is 0. The minimum absolute atomic E-state index is 0.0122. The van der Waals surface area contributed by atoms with Crippen molar-refractivity contribution in [3.05, 3.63) is 0 Å². The number of hydrogen-bond donors (Lipinski definition) is 1. The third-order valence-corrected chi connectivity index (χ3v) is 1.93. The summed E-state index contributed by atoms with van der Waals surface area (Å²) < 4.78 is 47.1. The molecule has 0 saturated heterocycles. The van der Waals surface area contributed by atoms with Crippen LogP contribution >= 0.6 is 0 Å². The summed E-state index contributed by atoms with van der Waals surface area (Å²) in [5, 5.41) is 8.72. The molecule has 0 atom stereocenters. The van der Waals surface area contributed by atoms with Gasteiger partial charge in [-0.3, -0.25) is 4.90 Å². The Morgan fingerprint density at radius 2 is 1.71 bits per heavy atom. The molecule has 7 heteroatoms. The summed E-state index contributed by atoms with van der Waals surface area (Å²) in [5.41, 5.74) is 0. The van der Waals surface area contributed by atoms with Crippen LogP contribution in [-0.2, 0) is 9.47 Å². The third kappa shape index (κ3) is 9.34. The number of aliphatic hydroxyl groups is 1. The van der Waals surface area contributed by atoms with E-state index in [0.717, 1.165) is 4.90 Å². The summed E-state index contributed by atoms with van der Waals surface area (Å²) in [5.74, 6) is 0. The van der Waals surface area contributed by atoms with Crippen LogP contribution in [0.5, 0.6) is 0 Å². The average molecular weight is 259 g/mol. The summed E-state index contributed by atoms with van der Waals surface area (Å²) in [6, 6.07) is 0. The van der Waals surface area contributed by atoms with Crippen LogP contribution in [0.4, 0.5) is 13.2 Å². The van der Waals surface area contributed by atoms with Crippen molar-refractivity contribution < 1.29 is 27.8 Å². The van der Waals surface area contributed by atoms with Gasteiger partial charge in [-0.05, 0) is 13.8 Å². The molecule has 0 aliphatic heterocycles. The maximum atomic E-state index is 12.2. The zero-order valence-corrected chi connectivity index (χ0v) is 10.2. The largest absolute Gasteiger partial charge is 0.401 e. The van der Waals surface area contributed by atoms with Crippen molar-refractivity contribution in [2.45, 2.75) is 26.3 Å². The van der Waals surface area contributed by atoms with Crippen LogP contribution in [0.25, 0.3) is 0 Å². The van der Waals surface area contributed by atoms with Gasteiger partial charge >= 0.3 is 6.18 Å². The van der Waals surface area contributed by atoms with Gasteiger partial charge in [-0.2, -0.15) is 13.2 Å². The van der Waals surface area contributed by atoms with Crippen LogP contribution in [0, 0.1) is 0 Å². The van der Waals surface area contributed by atoms with Crippen molar-refractivity contribution >= 4 is 0 Å². The van der Waals surface area contributed by atoms with Crippen LogP contribution in [-0.4, -0.2) is 61.9 Å². The van der Waals surface area contributed by atoms with Gasteiger partial charge in [0.1, 0.15) is 0 Å². The second-order valence-corrected chi connectivity index (χ2v) is 3.41. The topological polar surface area (TPSA) is 41.9 Å². The average Bonchev–Trinajstić information content (AvgIpc) is 2.16. The molecule has 17 heavy (non-hydrogen) atoms. The van der Waals surface area contributed by atoms with E-state index in [4.69, 9.17) is 14.6 Å². The number of ether oxygens (including phenoxy) is 2. The van der Waals surface area contributed by atoms with Gasteiger partial charge in [-0.1, -0.05) is 0 Å². The van der Waals surface area contributed by atoms with Gasteiger partial charge in [0.2, 0.25) is 0 Å². The standard InChI is InChI=1S/C10H20F3NO3/c1-3-16-9(17-4-2)7-14(5-6-15)8-10(11,12)13/h9,15H,3-8H2,1-2H3. The lowest BCUT2D eigenvalue weighted by molar-refractivity contribution is -0.176. The molecule has 0 spiro atoms. The molecule has 4 nitrogen and oxygen atoms in total. The van der Waals surface area contributed by atoms with Crippen molar-refractivity contribution in [3.8, 4) is 0 Å². The predicted octanol–water partition coefficient (Wildman–Crippen LogP) is 1.24. The fourth-order valence-corrected chi connectivity index (χ4v) is 1.37. The summed E-state index contributed by atoms with van der Waals surface area (Å²) in [6.45, 7) is 2.73. The number of rotatable bonds is 9. The van der Waals surface area contributed by atoms with Crippen molar-refractivity contribution in [3.63, 3.8) is 0 Å². The van der Waals surface area contributed by atoms with E-state index in [9.17, 15) is 13.2 Å². The Balaban J connectivity index is 4.27. The van der Waals surface area contributed by atoms with Crippen LogP contribution in [0.2, 0.25) is 0 Å². The molecule has 0 heterocycles. The lowest BCUT2D eigenvalue weighted by atomic mass is 10.4. The molecule has 0 fully saturated rings. The molecule has 0 amide bonds. The lowest BCUT2D eigenvalue weighted by Gasteiger charge is -2.27. The van der Waals surface area contributed by atoms with Crippen LogP contribution in [0.1, 0.15) is 13.8 Å². The van der Waals surface area contributed by atoms with Gasteiger partial charge in [0.05, 0.1) is 13.2 Å². The van der Waals surface area contributed by atoms with Crippen LogP contribution in [0.15, 0.2) is 0 Å². The highest BCUT2D eigenvalue weighted by Gasteiger charge is 2.31. The molecule has 0 bridgehead atoms. The Hall–Kier alpha value is -0.370. The molecule has 1 N–H and O–H groups in total. The SMILES string of the molecule is CCOC(CN(CCO)CC(F)(F)F)OCC. The first-order chi connectivity index (χ1) is 7.92. The molecule has 0 radical (unpaired) electrons. The van der Waals surface area contributed by atoms with Crippen LogP contribution < -0.4 is 0 Å². The Bertz CT molecular complexity index is 184. The van der Waals surface area contributed by atoms with Crippen LogP contribution in [0.3, 0.4) is 0 Å². The minimum Gasteiger partial charge on any atom is -0.395 e. The first-order valence-corrected chi connectivity index (χ1v) is 5.56. The minimum atomic E-state index is -4.29. The van der Waals surface area contributed by atoms with E-state index in [1.807, 2.05) is 0 Å². The molecule has 0 unspecified atom stereocenters. The van der Waals surface area contributed by atoms with E-state index >= 15 is 0 Å². The molecule has 0 aliphatic carbocycles. The molecule has 0 saturated carbocycles. The van der Waals surface area contributed by atoms with E-state index in [1.54, 1.807) is 13.8 Å². The molecule has 0 aromatic rings. The summed E-state index contributed by atoms with van der Waals surface area (Å²) in [4.78, 5) is 1.07. The van der Waals surface area contributed by atoms with E-state index in [0.29, 0.717) is 13.2 Å². The molecular weight excluding hydrogens is 239 g/mol. The monoisotopic (exact) mass is 259 g/mol. The van der Waals surface area contributed by atoms with Gasteiger partial charge in [0.15, 0.2) is 6.29 Å². The second-order valence-electron chi connectivity index (χ2n) is 3.41. The smallest absolute Gasteiger partial charge is 0.395 e. The van der Waals surface area contributed by atoms with Crippen molar-refractivity contribution in [1.29, 1.82) is 0 Å². The highest BCUT2D eigenvalue weighted by atomic mass is 19.4. The number of hydrogen-bond acceptors (Lipinski definition) is 4. The van der Waals surface area contributed by atoms with Gasteiger partial charge < -0.3 is 14.6 Å². The zero-order chi connectivity index (χ0) is 13.3. The van der Waals surface area contributed by atoms with Crippen molar-refractivity contribution in [2.24, 2.45) is 0 Å². The normalized spacial score (nSPS) is 12.7. The molecule has 0 aliphatic rings. The predicted molar refractivity (Wildman–Crippen MR) is 56.6 cm³/mol. The van der Waals surface area contributed by atoms with Gasteiger partial charge in [0, 0.05) is 26.3 Å². The van der Waals surface area contributed by atoms with Crippen molar-refractivity contribution in [2.75, 3.05) is 39.5 Å². The molecule has 0 aromatic carbocycles. The Labute approximate surface area is 99.3 Å². The maximum absolute atomic E-state index is 12.2. The first kappa shape index (κ1) is 16.6. The van der Waals surface area contributed by atoms with Gasteiger partial charge in [-0.15, -0.1) is 0 Å². The number of aliphatic hydroxyl groups excluding tert-OH is 1. The van der Waals surface area contributed by atoms with E-state index in [2.05, 4.69) is 0 Å². The fourth-order valence-electron chi connectivity index (χ4n) is 1.37.